The van der Waals surface area contributed by atoms with Gasteiger partial charge in [-0.25, -0.2) is 0 Å². The largest absolute Gasteiger partial charge is 0.392 e. The first-order valence-electron chi connectivity index (χ1n) is 8.48. The first-order valence-corrected chi connectivity index (χ1v) is 8.48. The normalized spacial score (nSPS) is 31.1. The zero-order valence-corrected chi connectivity index (χ0v) is 14.0. The summed E-state index contributed by atoms with van der Waals surface area (Å²) in [5.74, 6) is 1.48. The Balaban J connectivity index is 3.06. The highest BCUT2D eigenvalue weighted by atomic mass is 16.3. The average molecular weight is 295 g/mol. The minimum atomic E-state index is -0.311. The van der Waals surface area contributed by atoms with Crippen molar-refractivity contribution in [3.8, 4) is 0 Å². The Morgan fingerprint density at radius 3 is 2.38 bits per heavy atom. The molecular weight excluding hydrogens is 262 g/mol. The summed E-state index contributed by atoms with van der Waals surface area (Å²) in [6.45, 7) is 8.49. The van der Waals surface area contributed by atoms with Crippen LogP contribution in [0, 0.1) is 29.1 Å². The Morgan fingerprint density at radius 2 is 1.95 bits per heavy atom. The molecule has 122 valence electrons. The van der Waals surface area contributed by atoms with E-state index in [-0.39, 0.29) is 29.8 Å². The molecule has 0 aromatic heterocycles. The lowest BCUT2D eigenvalue weighted by atomic mass is 9.77. The zero-order valence-electron chi connectivity index (χ0n) is 14.0. The van der Waals surface area contributed by atoms with Crippen LogP contribution in [0.5, 0.6) is 0 Å². The Kier molecular flexibility index (Phi) is 7.36. The molecule has 0 aromatic carbocycles. The Labute approximate surface area is 129 Å². The third-order valence-electron chi connectivity index (χ3n) is 5.28. The molecule has 21 heavy (non-hydrogen) atoms. The van der Waals surface area contributed by atoms with E-state index in [9.17, 15) is 5.11 Å². The number of aliphatic imine (C=N–C) groups is 1. The third-order valence-corrected chi connectivity index (χ3v) is 5.28. The maximum Gasteiger partial charge on any atom is 0.0908 e. The van der Waals surface area contributed by atoms with E-state index in [1.54, 1.807) is 0 Å². The fraction of sp³-hybridized carbons (Fsp3) is 0.882. The van der Waals surface area contributed by atoms with Crippen molar-refractivity contribution < 1.29 is 5.11 Å². The lowest BCUT2D eigenvalue weighted by Crippen LogP contribution is -2.38. The van der Waals surface area contributed by atoms with Crippen LogP contribution < -0.4 is 5.73 Å². The van der Waals surface area contributed by atoms with Crippen LogP contribution in [0.15, 0.2) is 4.99 Å². The number of nitrogens with one attached hydrogen (secondary N) is 1. The van der Waals surface area contributed by atoms with Crippen molar-refractivity contribution in [2.45, 2.75) is 71.9 Å². The van der Waals surface area contributed by atoms with Gasteiger partial charge in [-0.15, -0.1) is 0 Å². The summed E-state index contributed by atoms with van der Waals surface area (Å²) in [5, 5.41) is 18.4. The van der Waals surface area contributed by atoms with Crippen molar-refractivity contribution in [3.63, 3.8) is 0 Å². The van der Waals surface area contributed by atoms with Crippen LogP contribution in [0.1, 0.15) is 59.8 Å². The van der Waals surface area contributed by atoms with Crippen LogP contribution >= 0.6 is 0 Å². The van der Waals surface area contributed by atoms with Crippen molar-refractivity contribution in [2.75, 3.05) is 0 Å². The summed E-state index contributed by atoms with van der Waals surface area (Å²) in [6, 6.07) is 0.154. The number of aliphatic hydroxyl groups excluding tert-OH is 1. The highest BCUT2D eigenvalue weighted by molar-refractivity contribution is 5.77. The van der Waals surface area contributed by atoms with Gasteiger partial charge in [0, 0.05) is 12.3 Å². The minimum absolute atomic E-state index is 0.139. The molecule has 0 spiro atoms. The van der Waals surface area contributed by atoms with Gasteiger partial charge in [0.15, 0.2) is 0 Å². The Morgan fingerprint density at radius 1 is 1.33 bits per heavy atom. The standard InChI is InChI=1S/C17H33N3O/c1-5-11(6-2)16(20-8-4)15-13(10-14(18)19)9-12(7-3)17(15)21/h8,11-13,15-17,21H,5-7,9-10H2,1-4H3,(H3,18,19). The highest BCUT2D eigenvalue weighted by Gasteiger charge is 2.46. The van der Waals surface area contributed by atoms with E-state index < -0.39 is 0 Å². The molecule has 4 N–H and O–H groups in total. The lowest BCUT2D eigenvalue weighted by molar-refractivity contribution is 0.0571. The molecule has 0 radical (unpaired) electrons. The molecule has 0 saturated heterocycles. The molecular formula is C17H33N3O. The Bertz CT molecular complexity index is 352. The van der Waals surface area contributed by atoms with Crippen molar-refractivity contribution in [2.24, 2.45) is 34.4 Å². The van der Waals surface area contributed by atoms with Gasteiger partial charge in [0.05, 0.1) is 18.0 Å². The summed E-state index contributed by atoms with van der Waals surface area (Å²) < 4.78 is 0. The van der Waals surface area contributed by atoms with E-state index >= 15 is 0 Å². The summed E-state index contributed by atoms with van der Waals surface area (Å²) >= 11 is 0. The van der Waals surface area contributed by atoms with E-state index in [1.165, 1.54) is 0 Å². The van der Waals surface area contributed by atoms with Gasteiger partial charge in [0.1, 0.15) is 0 Å². The number of amidine groups is 1. The van der Waals surface area contributed by atoms with Crippen molar-refractivity contribution in [1.29, 1.82) is 5.41 Å². The highest BCUT2D eigenvalue weighted by Crippen LogP contribution is 2.45. The average Bonchev–Trinajstić information content (AvgIpc) is 2.74. The SMILES string of the molecule is CC=NC(C(CC)CC)C1C(CC(=N)N)CC(CC)C1O. The van der Waals surface area contributed by atoms with E-state index in [1.807, 2.05) is 13.1 Å². The number of nitrogens with two attached hydrogens (primary N) is 1. The topological polar surface area (TPSA) is 82.5 Å². The van der Waals surface area contributed by atoms with Crippen molar-refractivity contribution in [1.82, 2.24) is 0 Å². The molecule has 5 unspecified atom stereocenters. The molecule has 1 rings (SSSR count). The summed E-state index contributed by atoms with van der Waals surface area (Å²) in [4.78, 5) is 4.73. The predicted octanol–water partition coefficient (Wildman–Crippen LogP) is 3.23. The first kappa shape index (κ1) is 18.1. The monoisotopic (exact) mass is 295 g/mol. The van der Waals surface area contributed by atoms with Gasteiger partial charge in [-0.05, 0) is 37.3 Å². The molecule has 0 bridgehead atoms. The van der Waals surface area contributed by atoms with E-state index in [0.29, 0.717) is 18.3 Å². The number of rotatable bonds is 8. The fourth-order valence-corrected chi connectivity index (χ4v) is 4.15. The molecule has 0 heterocycles. The molecule has 5 atom stereocenters. The van der Waals surface area contributed by atoms with Crippen LogP contribution in [-0.4, -0.2) is 29.3 Å². The van der Waals surface area contributed by atoms with E-state index in [0.717, 1.165) is 25.7 Å². The van der Waals surface area contributed by atoms with Gasteiger partial charge < -0.3 is 10.8 Å². The van der Waals surface area contributed by atoms with Crippen LogP contribution in [-0.2, 0) is 0 Å². The zero-order chi connectivity index (χ0) is 16.0. The summed E-state index contributed by atoms with van der Waals surface area (Å²) in [6.07, 6.45) is 6.26. The molecule has 1 saturated carbocycles. The first-order chi connectivity index (χ1) is 9.99. The van der Waals surface area contributed by atoms with Gasteiger partial charge in [-0.2, -0.15) is 0 Å². The predicted molar refractivity (Wildman–Crippen MR) is 89.9 cm³/mol. The molecule has 1 aliphatic rings. The quantitative estimate of drug-likeness (QED) is 0.474. The van der Waals surface area contributed by atoms with Crippen molar-refractivity contribution in [3.05, 3.63) is 0 Å². The van der Waals surface area contributed by atoms with Gasteiger partial charge in [-0.3, -0.25) is 10.4 Å². The number of hydrogen-bond donors (Lipinski definition) is 3. The van der Waals surface area contributed by atoms with E-state index in [2.05, 4.69) is 20.8 Å². The van der Waals surface area contributed by atoms with Crippen molar-refractivity contribution >= 4 is 12.1 Å². The second kappa shape index (κ2) is 8.52. The number of nitrogens with zero attached hydrogens (tertiary/aromatic N) is 1. The molecule has 4 heteroatoms. The molecule has 0 aliphatic heterocycles. The number of hydrogen-bond acceptors (Lipinski definition) is 3. The Hall–Kier alpha value is -0.900. The summed E-state index contributed by atoms with van der Waals surface area (Å²) in [7, 11) is 0. The molecule has 1 aliphatic carbocycles. The van der Waals surface area contributed by atoms with E-state index in [4.69, 9.17) is 16.1 Å². The molecule has 1 fully saturated rings. The second-order valence-corrected chi connectivity index (χ2v) is 6.44. The van der Waals surface area contributed by atoms with Crippen LogP contribution in [0.25, 0.3) is 0 Å². The minimum Gasteiger partial charge on any atom is -0.392 e. The van der Waals surface area contributed by atoms with Gasteiger partial charge in [0.25, 0.3) is 0 Å². The summed E-state index contributed by atoms with van der Waals surface area (Å²) in [5.41, 5.74) is 5.65. The van der Waals surface area contributed by atoms with Gasteiger partial charge >= 0.3 is 0 Å². The maximum absolute atomic E-state index is 10.8. The molecule has 0 amide bonds. The van der Waals surface area contributed by atoms with Crippen LogP contribution in [0.3, 0.4) is 0 Å². The van der Waals surface area contributed by atoms with Gasteiger partial charge in [0.2, 0.25) is 0 Å². The number of aliphatic hydroxyl groups is 1. The smallest absolute Gasteiger partial charge is 0.0908 e. The molecule has 0 aromatic rings. The third kappa shape index (κ3) is 4.29. The molecule has 4 nitrogen and oxygen atoms in total. The lowest BCUT2D eigenvalue weighted by Gasteiger charge is -2.33. The van der Waals surface area contributed by atoms with Gasteiger partial charge in [-0.1, -0.05) is 40.0 Å². The van der Waals surface area contributed by atoms with Crippen LogP contribution in [0.2, 0.25) is 0 Å². The fourth-order valence-electron chi connectivity index (χ4n) is 4.15. The second-order valence-electron chi connectivity index (χ2n) is 6.44. The van der Waals surface area contributed by atoms with Crippen LogP contribution in [0.4, 0.5) is 0 Å². The maximum atomic E-state index is 10.8.